The quantitative estimate of drug-likeness (QED) is 0.802. The van der Waals surface area contributed by atoms with Crippen molar-refractivity contribution in [1.29, 1.82) is 0 Å². The van der Waals surface area contributed by atoms with Crippen LogP contribution in [0.4, 0.5) is 0 Å². The van der Waals surface area contributed by atoms with Crippen molar-refractivity contribution in [2.45, 2.75) is 19.8 Å². The van der Waals surface area contributed by atoms with Gasteiger partial charge in [-0.1, -0.05) is 30.3 Å². The minimum absolute atomic E-state index is 0.229. The van der Waals surface area contributed by atoms with Gasteiger partial charge in [-0.15, -0.1) is 0 Å². The highest BCUT2D eigenvalue weighted by atomic mass is 32.2. The second-order valence-corrected chi connectivity index (χ2v) is 8.84. The van der Waals surface area contributed by atoms with Crippen LogP contribution in [-0.2, 0) is 16.4 Å². The fraction of sp³-hybridized carbons (Fsp3) is 0.647. The van der Waals surface area contributed by atoms with Crippen molar-refractivity contribution in [3.8, 4) is 0 Å². The number of likely N-dealkylation sites (tertiary alicyclic amines) is 1. The highest BCUT2D eigenvalue weighted by molar-refractivity contribution is 7.89. The second-order valence-electron chi connectivity index (χ2n) is 6.59. The molecule has 1 aromatic carbocycles. The molecular formula is C17H26N2O2S. The smallest absolute Gasteiger partial charge is 0.213 e. The lowest BCUT2D eigenvalue weighted by Gasteiger charge is -2.20. The molecule has 2 aliphatic rings. The fourth-order valence-corrected chi connectivity index (χ4v) is 4.99. The summed E-state index contributed by atoms with van der Waals surface area (Å²) in [5.41, 5.74) is 1.40. The van der Waals surface area contributed by atoms with Crippen molar-refractivity contribution >= 4 is 10.0 Å². The predicted molar refractivity (Wildman–Crippen MR) is 89.2 cm³/mol. The standard InChI is InChI=1S/C17H26N2O2S/c1-2-22(20,21)19-13-16-11-18(12-17(16)14-19)10-6-9-15-7-4-3-5-8-15/h3-5,7-8,16-17H,2,6,9-14H2,1H3/t16-,17+. The van der Waals surface area contributed by atoms with Crippen LogP contribution in [0.25, 0.3) is 0 Å². The van der Waals surface area contributed by atoms with Crippen molar-refractivity contribution in [2.24, 2.45) is 11.8 Å². The van der Waals surface area contributed by atoms with Crippen LogP contribution in [0.2, 0.25) is 0 Å². The van der Waals surface area contributed by atoms with Gasteiger partial charge in [-0.05, 0) is 43.7 Å². The maximum atomic E-state index is 12.0. The van der Waals surface area contributed by atoms with Crippen LogP contribution in [0.3, 0.4) is 0 Å². The van der Waals surface area contributed by atoms with E-state index < -0.39 is 10.0 Å². The summed E-state index contributed by atoms with van der Waals surface area (Å²) in [6.07, 6.45) is 2.31. The van der Waals surface area contributed by atoms with Crippen LogP contribution in [0.5, 0.6) is 0 Å². The molecule has 0 aromatic heterocycles. The maximum absolute atomic E-state index is 12.0. The Hall–Kier alpha value is -0.910. The number of nitrogens with zero attached hydrogens (tertiary/aromatic N) is 2. The van der Waals surface area contributed by atoms with Crippen LogP contribution >= 0.6 is 0 Å². The van der Waals surface area contributed by atoms with Crippen LogP contribution in [0.1, 0.15) is 18.9 Å². The Morgan fingerprint density at radius 1 is 1.05 bits per heavy atom. The highest BCUT2D eigenvalue weighted by Crippen LogP contribution is 2.32. The summed E-state index contributed by atoms with van der Waals surface area (Å²) < 4.78 is 25.6. The van der Waals surface area contributed by atoms with Gasteiger partial charge in [0, 0.05) is 26.2 Å². The van der Waals surface area contributed by atoms with Crippen LogP contribution < -0.4 is 0 Å². The zero-order valence-corrected chi connectivity index (χ0v) is 14.1. The summed E-state index contributed by atoms with van der Waals surface area (Å²) in [4.78, 5) is 2.52. The minimum atomic E-state index is -3.00. The lowest BCUT2D eigenvalue weighted by Crippen LogP contribution is -2.34. The van der Waals surface area contributed by atoms with Crippen molar-refractivity contribution in [3.63, 3.8) is 0 Å². The van der Waals surface area contributed by atoms with Gasteiger partial charge in [0.2, 0.25) is 10.0 Å². The van der Waals surface area contributed by atoms with Crippen LogP contribution in [0.15, 0.2) is 30.3 Å². The third-order valence-corrected chi connectivity index (χ3v) is 6.88. The molecule has 22 heavy (non-hydrogen) atoms. The number of aryl methyl sites for hydroxylation is 1. The molecule has 3 rings (SSSR count). The summed E-state index contributed by atoms with van der Waals surface area (Å²) in [6, 6.07) is 10.6. The molecule has 2 atom stereocenters. The third-order valence-electron chi connectivity index (χ3n) is 5.07. The molecule has 0 bridgehead atoms. The van der Waals surface area contributed by atoms with E-state index in [0.29, 0.717) is 11.8 Å². The van der Waals surface area contributed by atoms with E-state index in [4.69, 9.17) is 0 Å². The van der Waals surface area contributed by atoms with E-state index in [1.807, 2.05) is 0 Å². The molecule has 1 aromatic rings. The molecule has 0 saturated carbocycles. The van der Waals surface area contributed by atoms with E-state index >= 15 is 0 Å². The Labute approximate surface area is 134 Å². The maximum Gasteiger partial charge on any atom is 0.213 e. The predicted octanol–water partition coefficient (Wildman–Crippen LogP) is 1.83. The molecule has 122 valence electrons. The van der Waals surface area contributed by atoms with Crippen LogP contribution in [0, 0.1) is 11.8 Å². The largest absolute Gasteiger partial charge is 0.303 e. The summed E-state index contributed by atoms with van der Waals surface area (Å²) in [7, 11) is -3.00. The van der Waals surface area contributed by atoms with Crippen molar-refractivity contribution < 1.29 is 8.42 Å². The van der Waals surface area contributed by atoms with Crippen molar-refractivity contribution in [2.75, 3.05) is 38.5 Å². The lowest BCUT2D eigenvalue weighted by molar-refractivity contribution is 0.293. The normalized spacial score (nSPS) is 26.4. The van der Waals surface area contributed by atoms with E-state index in [1.54, 1.807) is 11.2 Å². The Balaban J connectivity index is 1.44. The van der Waals surface area contributed by atoms with Gasteiger partial charge >= 0.3 is 0 Å². The van der Waals surface area contributed by atoms with E-state index in [0.717, 1.165) is 39.1 Å². The van der Waals surface area contributed by atoms with Gasteiger partial charge in [-0.25, -0.2) is 12.7 Å². The van der Waals surface area contributed by atoms with E-state index in [9.17, 15) is 8.42 Å². The zero-order valence-electron chi connectivity index (χ0n) is 13.3. The number of benzene rings is 1. The first-order chi connectivity index (χ1) is 10.6. The molecule has 2 aliphatic heterocycles. The van der Waals surface area contributed by atoms with Gasteiger partial charge in [-0.2, -0.15) is 0 Å². The molecular weight excluding hydrogens is 296 g/mol. The first kappa shape index (κ1) is 16.0. The minimum Gasteiger partial charge on any atom is -0.303 e. The van der Waals surface area contributed by atoms with Gasteiger partial charge in [0.1, 0.15) is 0 Å². The topological polar surface area (TPSA) is 40.6 Å². The first-order valence-corrected chi connectivity index (χ1v) is 9.93. The number of hydrogen-bond donors (Lipinski definition) is 0. The average molecular weight is 322 g/mol. The summed E-state index contributed by atoms with van der Waals surface area (Å²) in [6.45, 7) is 6.46. The third kappa shape index (κ3) is 3.53. The number of fused-ring (bicyclic) bond motifs is 1. The fourth-order valence-electron chi connectivity index (χ4n) is 3.79. The summed E-state index contributed by atoms with van der Waals surface area (Å²) >= 11 is 0. The summed E-state index contributed by atoms with van der Waals surface area (Å²) in [5, 5.41) is 0. The molecule has 2 heterocycles. The first-order valence-electron chi connectivity index (χ1n) is 8.32. The molecule has 0 N–H and O–H groups in total. The number of sulfonamides is 1. The molecule has 0 unspecified atom stereocenters. The van der Waals surface area contributed by atoms with Gasteiger partial charge in [0.05, 0.1) is 5.75 Å². The van der Waals surface area contributed by atoms with E-state index in [1.165, 1.54) is 12.0 Å². The molecule has 0 spiro atoms. The average Bonchev–Trinajstić information content (AvgIpc) is 3.07. The molecule has 5 heteroatoms. The molecule has 0 amide bonds. The van der Waals surface area contributed by atoms with Gasteiger partial charge in [0.25, 0.3) is 0 Å². The molecule has 2 saturated heterocycles. The highest BCUT2D eigenvalue weighted by Gasteiger charge is 2.42. The molecule has 0 radical (unpaired) electrons. The Morgan fingerprint density at radius 3 is 2.27 bits per heavy atom. The van der Waals surface area contributed by atoms with Gasteiger partial charge < -0.3 is 4.90 Å². The van der Waals surface area contributed by atoms with Crippen LogP contribution in [-0.4, -0.2) is 56.1 Å². The molecule has 2 fully saturated rings. The Bertz CT molecular complexity index is 574. The number of hydrogen-bond acceptors (Lipinski definition) is 3. The Kier molecular flexibility index (Phi) is 4.85. The monoisotopic (exact) mass is 322 g/mol. The summed E-state index contributed by atoms with van der Waals surface area (Å²) in [5.74, 6) is 1.31. The zero-order chi connectivity index (χ0) is 15.6. The molecule has 0 aliphatic carbocycles. The van der Waals surface area contributed by atoms with Gasteiger partial charge in [-0.3, -0.25) is 0 Å². The van der Waals surface area contributed by atoms with Crippen molar-refractivity contribution in [1.82, 2.24) is 9.21 Å². The van der Waals surface area contributed by atoms with Gasteiger partial charge in [0.15, 0.2) is 0 Å². The van der Waals surface area contributed by atoms with E-state index in [2.05, 4.69) is 35.2 Å². The van der Waals surface area contributed by atoms with Crippen molar-refractivity contribution in [3.05, 3.63) is 35.9 Å². The number of rotatable bonds is 6. The second kappa shape index (κ2) is 6.69. The lowest BCUT2D eigenvalue weighted by atomic mass is 10.0. The Morgan fingerprint density at radius 2 is 1.68 bits per heavy atom. The SMILES string of the molecule is CCS(=O)(=O)N1C[C@H]2CN(CCCc3ccccc3)C[C@H]2C1. The molecule has 4 nitrogen and oxygen atoms in total. The van der Waals surface area contributed by atoms with E-state index in [-0.39, 0.29) is 5.75 Å².